The number of rotatable bonds is 5. The van der Waals surface area contributed by atoms with Gasteiger partial charge in [-0.2, -0.15) is 0 Å². The van der Waals surface area contributed by atoms with Crippen LogP contribution in [0.4, 0.5) is 4.39 Å². The lowest BCUT2D eigenvalue weighted by atomic mass is 9.93. The summed E-state index contributed by atoms with van der Waals surface area (Å²) in [5.41, 5.74) is 1.90. The fourth-order valence-corrected chi connectivity index (χ4v) is 5.16. The number of aryl methyl sites for hydroxylation is 3. The van der Waals surface area contributed by atoms with Crippen LogP contribution in [0.15, 0.2) is 47.4 Å². The van der Waals surface area contributed by atoms with E-state index in [0.717, 1.165) is 11.3 Å². The maximum atomic E-state index is 13.9. The molecule has 2 heterocycles. The van der Waals surface area contributed by atoms with Crippen LogP contribution in [0.2, 0.25) is 0 Å². The number of aromatic nitrogens is 1. The third-order valence-electron chi connectivity index (χ3n) is 5.92. The van der Waals surface area contributed by atoms with E-state index in [9.17, 15) is 19.1 Å². The number of fused-ring (bicyclic) bond motifs is 1. The fraction of sp³-hybridized carbons (Fsp3) is 0.259. The number of hydrogen-bond acceptors (Lipinski definition) is 5. The van der Waals surface area contributed by atoms with Crippen LogP contribution < -0.4 is 15.6 Å². The number of carbonyl (C=O) groups excluding carboxylic acids is 1. The minimum absolute atomic E-state index is 0.213. The van der Waals surface area contributed by atoms with Crippen LogP contribution in [0, 0.1) is 19.7 Å². The number of benzene rings is 2. The van der Waals surface area contributed by atoms with Crippen molar-refractivity contribution < 1.29 is 19.0 Å². The van der Waals surface area contributed by atoms with Crippen LogP contribution >= 0.6 is 11.3 Å². The van der Waals surface area contributed by atoms with Crippen LogP contribution in [0.5, 0.6) is 11.5 Å². The standard InChI is InChI=1S/C27H27FN2O4S/c1-14-9-17(28)10-15(2)23(14)34-21-8-7-16(27(3,4)33)11-18(21)20-13-30(6)26(32)24-19(20)12-22(35-24)25(31)29-5/h7-13,33H,1-6H3,(H,29,31). The van der Waals surface area contributed by atoms with E-state index in [-0.39, 0.29) is 17.3 Å². The number of halogens is 1. The topological polar surface area (TPSA) is 80.6 Å². The lowest BCUT2D eigenvalue weighted by molar-refractivity contribution is 0.0786. The van der Waals surface area contributed by atoms with Gasteiger partial charge >= 0.3 is 0 Å². The highest BCUT2D eigenvalue weighted by Crippen LogP contribution is 2.41. The van der Waals surface area contributed by atoms with E-state index in [1.54, 1.807) is 59.1 Å². The summed E-state index contributed by atoms with van der Waals surface area (Å²) in [5.74, 6) is 0.382. The Kier molecular flexibility index (Phi) is 6.29. The molecule has 182 valence electrons. The van der Waals surface area contributed by atoms with Crippen molar-refractivity contribution in [3.63, 3.8) is 0 Å². The van der Waals surface area contributed by atoms with Crippen molar-refractivity contribution in [3.05, 3.63) is 80.3 Å². The highest BCUT2D eigenvalue weighted by molar-refractivity contribution is 7.20. The molecule has 0 fully saturated rings. The van der Waals surface area contributed by atoms with Gasteiger partial charge in [0.1, 0.15) is 22.0 Å². The third-order valence-corrected chi connectivity index (χ3v) is 7.05. The summed E-state index contributed by atoms with van der Waals surface area (Å²) in [5, 5.41) is 13.9. The lowest BCUT2D eigenvalue weighted by Crippen LogP contribution is -2.17. The maximum absolute atomic E-state index is 13.9. The highest BCUT2D eigenvalue weighted by Gasteiger charge is 2.23. The van der Waals surface area contributed by atoms with Crippen LogP contribution in [0.25, 0.3) is 21.2 Å². The summed E-state index contributed by atoms with van der Waals surface area (Å²) in [7, 11) is 3.19. The number of nitrogens with zero attached hydrogens (tertiary/aromatic N) is 1. The Hall–Kier alpha value is -3.49. The van der Waals surface area contributed by atoms with Crippen molar-refractivity contribution in [2.24, 2.45) is 7.05 Å². The van der Waals surface area contributed by atoms with Crippen LogP contribution in [0.3, 0.4) is 0 Å². The number of pyridine rings is 1. The molecule has 0 unspecified atom stereocenters. The molecule has 0 bridgehead atoms. The molecule has 0 radical (unpaired) electrons. The first kappa shape index (κ1) is 24.6. The quantitative estimate of drug-likeness (QED) is 0.389. The van der Waals surface area contributed by atoms with Gasteiger partial charge in [-0.25, -0.2) is 4.39 Å². The average molecular weight is 495 g/mol. The second kappa shape index (κ2) is 8.94. The van der Waals surface area contributed by atoms with E-state index >= 15 is 0 Å². The normalized spacial score (nSPS) is 11.7. The van der Waals surface area contributed by atoms with Crippen LogP contribution in [0.1, 0.15) is 40.2 Å². The third kappa shape index (κ3) is 4.59. The van der Waals surface area contributed by atoms with Crippen LogP contribution in [-0.2, 0) is 12.6 Å². The van der Waals surface area contributed by atoms with Crippen molar-refractivity contribution in [3.8, 4) is 22.6 Å². The van der Waals surface area contributed by atoms with Crippen molar-refractivity contribution in [2.75, 3.05) is 7.05 Å². The van der Waals surface area contributed by atoms with E-state index in [1.165, 1.54) is 23.7 Å². The summed E-state index contributed by atoms with van der Waals surface area (Å²) in [6, 6.07) is 9.87. The molecule has 0 aliphatic rings. The number of carbonyl (C=O) groups is 1. The zero-order valence-corrected chi connectivity index (χ0v) is 21.3. The van der Waals surface area contributed by atoms with Gasteiger partial charge in [-0.15, -0.1) is 11.3 Å². The Balaban J connectivity index is 2.02. The number of amides is 1. The largest absolute Gasteiger partial charge is 0.456 e. The van der Waals surface area contributed by atoms with Gasteiger partial charge in [-0.3, -0.25) is 9.59 Å². The predicted molar refractivity (Wildman–Crippen MR) is 137 cm³/mol. The van der Waals surface area contributed by atoms with Crippen molar-refractivity contribution >= 4 is 27.3 Å². The van der Waals surface area contributed by atoms with Gasteiger partial charge in [0.2, 0.25) is 0 Å². The van der Waals surface area contributed by atoms with Crippen molar-refractivity contribution in [1.29, 1.82) is 0 Å². The van der Waals surface area contributed by atoms with Gasteiger partial charge in [-0.05, 0) is 74.7 Å². The van der Waals surface area contributed by atoms with E-state index in [1.807, 2.05) is 6.07 Å². The minimum Gasteiger partial charge on any atom is -0.456 e. The monoisotopic (exact) mass is 494 g/mol. The first-order valence-electron chi connectivity index (χ1n) is 11.1. The fourth-order valence-electron chi connectivity index (χ4n) is 4.06. The predicted octanol–water partition coefficient (Wildman–Crippen LogP) is 5.40. The van der Waals surface area contributed by atoms with Crippen LogP contribution in [-0.4, -0.2) is 22.6 Å². The Morgan fingerprint density at radius 3 is 2.37 bits per heavy atom. The number of hydrogen-bond donors (Lipinski definition) is 2. The molecule has 2 aromatic heterocycles. The number of nitrogens with one attached hydrogen (secondary N) is 1. The summed E-state index contributed by atoms with van der Waals surface area (Å²) in [6.07, 6.45) is 1.70. The average Bonchev–Trinajstić information content (AvgIpc) is 3.23. The van der Waals surface area contributed by atoms with E-state index in [0.29, 0.717) is 54.3 Å². The zero-order valence-electron chi connectivity index (χ0n) is 20.4. The molecule has 0 aliphatic carbocycles. The molecule has 0 saturated carbocycles. The molecule has 1 amide bonds. The van der Waals surface area contributed by atoms with Gasteiger partial charge in [-0.1, -0.05) is 6.07 Å². The SMILES string of the molecule is CNC(=O)c1cc2c(-c3cc(C(C)(C)O)ccc3Oc3c(C)cc(F)cc3C)cn(C)c(=O)c2s1. The van der Waals surface area contributed by atoms with E-state index in [2.05, 4.69) is 5.32 Å². The molecular formula is C27H27FN2O4S. The first-order valence-corrected chi connectivity index (χ1v) is 11.9. The summed E-state index contributed by atoms with van der Waals surface area (Å²) in [6.45, 7) is 6.92. The van der Waals surface area contributed by atoms with Gasteiger partial charge in [0.05, 0.1) is 10.5 Å². The number of ether oxygens (including phenoxy) is 1. The Morgan fingerprint density at radius 2 is 1.77 bits per heavy atom. The second-order valence-electron chi connectivity index (χ2n) is 9.13. The van der Waals surface area contributed by atoms with E-state index < -0.39 is 5.60 Å². The molecular weight excluding hydrogens is 467 g/mol. The molecule has 0 spiro atoms. The molecule has 2 aromatic carbocycles. The maximum Gasteiger partial charge on any atom is 0.268 e. The summed E-state index contributed by atoms with van der Waals surface area (Å²) in [4.78, 5) is 25.6. The summed E-state index contributed by atoms with van der Waals surface area (Å²) < 4.78 is 22.1. The van der Waals surface area contributed by atoms with Crippen molar-refractivity contribution in [2.45, 2.75) is 33.3 Å². The van der Waals surface area contributed by atoms with Crippen molar-refractivity contribution in [1.82, 2.24) is 9.88 Å². The van der Waals surface area contributed by atoms with Gasteiger partial charge in [0, 0.05) is 36.8 Å². The second-order valence-corrected chi connectivity index (χ2v) is 10.2. The molecule has 4 rings (SSSR count). The van der Waals surface area contributed by atoms with Gasteiger partial charge in [0.25, 0.3) is 11.5 Å². The molecule has 0 aliphatic heterocycles. The first-order chi connectivity index (χ1) is 16.4. The summed E-state index contributed by atoms with van der Waals surface area (Å²) >= 11 is 1.13. The Labute approximate surface area is 206 Å². The molecule has 2 N–H and O–H groups in total. The smallest absolute Gasteiger partial charge is 0.268 e. The van der Waals surface area contributed by atoms with Gasteiger partial charge < -0.3 is 19.7 Å². The van der Waals surface area contributed by atoms with Gasteiger partial charge in [0.15, 0.2) is 0 Å². The molecule has 6 nitrogen and oxygen atoms in total. The Bertz CT molecular complexity index is 1510. The zero-order chi connectivity index (χ0) is 25.7. The Morgan fingerprint density at radius 1 is 1.11 bits per heavy atom. The highest BCUT2D eigenvalue weighted by atomic mass is 32.1. The minimum atomic E-state index is -1.13. The number of aliphatic hydroxyl groups is 1. The molecule has 4 aromatic rings. The molecule has 0 atom stereocenters. The molecule has 8 heteroatoms. The van der Waals surface area contributed by atoms with E-state index in [4.69, 9.17) is 4.74 Å². The lowest BCUT2D eigenvalue weighted by Gasteiger charge is -2.22. The number of thiophene rings is 1. The molecule has 35 heavy (non-hydrogen) atoms. The molecule has 0 saturated heterocycles.